The average molecular weight is 460 g/mol. The molecule has 2 aromatic carbocycles. The maximum atomic E-state index is 13.0. The van der Waals surface area contributed by atoms with E-state index in [2.05, 4.69) is 0 Å². The number of hydrogen-bond donors (Lipinski definition) is 2. The summed E-state index contributed by atoms with van der Waals surface area (Å²) in [4.78, 5) is 28.0. The molecular formula is C22H15Cl2NO4S. The minimum absolute atomic E-state index is 0.0767. The number of amides is 1. The number of phenolic OH excluding ortho intramolecular Hbond substituents is 1. The molecule has 1 fully saturated rings. The number of aliphatic hydroxyl groups excluding tert-OH is 1. The highest BCUT2D eigenvalue weighted by Gasteiger charge is 2.48. The fraction of sp³-hybridized carbons (Fsp3) is 0.0909. The van der Waals surface area contributed by atoms with E-state index in [0.717, 1.165) is 5.56 Å². The van der Waals surface area contributed by atoms with Gasteiger partial charge in [0.05, 0.1) is 21.3 Å². The number of phenols is 1. The van der Waals surface area contributed by atoms with Crippen molar-refractivity contribution in [3.05, 3.63) is 85.5 Å². The summed E-state index contributed by atoms with van der Waals surface area (Å²) in [6, 6.07) is 11.7. The van der Waals surface area contributed by atoms with E-state index >= 15 is 0 Å². The second-order valence-electron chi connectivity index (χ2n) is 6.75. The van der Waals surface area contributed by atoms with Crippen molar-refractivity contribution in [1.29, 1.82) is 0 Å². The summed E-state index contributed by atoms with van der Waals surface area (Å²) >= 11 is 13.4. The zero-order valence-corrected chi connectivity index (χ0v) is 17.9. The van der Waals surface area contributed by atoms with Crippen molar-refractivity contribution in [2.75, 3.05) is 4.90 Å². The molecule has 8 heteroatoms. The Balaban J connectivity index is 1.98. The van der Waals surface area contributed by atoms with Gasteiger partial charge in [-0.25, -0.2) is 0 Å². The number of halogens is 2. The number of anilines is 1. The van der Waals surface area contributed by atoms with E-state index in [1.54, 1.807) is 18.2 Å². The minimum Gasteiger partial charge on any atom is -0.507 e. The lowest BCUT2D eigenvalue weighted by molar-refractivity contribution is -0.132. The molecule has 1 unspecified atom stereocenters. The summed E-state index contributed by atoms with van der Waals surface area (Å²) in [5.41, 5.74) is 1.23. The third-order valence-corrected chi connectivity index (χ3v) is 6.74. The smallest absolute Gasteiger partial charge is 0.300 e. The first-order chi connectivity index (χ1) is 14.3. The van der Waals surface area contributed by atoms with Gasteiger partial charge in [-0.2, -0.15) is 0 Å². The van der Waals surface area contributed by atoms with Crippen LogP contribution in [-0.4, -0.2) is 21.9 Å². The summed E-state index contributed by atoms with van der Waals surface area (Å²) < 4.78 is 0. The summed E-state index contributed by atoms with van der Waals surface area (Å²) in [7, 11) is 0. The van der Waals surface area contributed by atoms with E-state index in [1.807, 2.05) is 18.4 Å². The number of benzene rings is 2. The predicted molar refractivity (Wildman–Crippen MR) is 118 cm³/mol. The molecule has 0 bridgehead atoms. The summed E-state index contributed by atoms with van der Waals surface area (Å²) in [5, 5.41) is 23.7. The van der Waals surface area contributed by atoms with Crippen molar-refractivity contribution in [2.24, 2.45) is 0 Å². The van der Waals surface area contributed by atoms with Crippen LogP contribution in [0.5, 0.6) is 5.75 Å². The fourth-order valence-corrected chi connectivity index (χ4v) is 4.78. The van der Waals surface area contributed by atoms with E-state index in [4.69, 9.17) is 23.2 Å². The molecule has 4 rings (SSSR count). The average Bonchev–Trinajstić information content (AvgIpc) is 3.25. The van der Waals surface area contributed by atoms with Crippen LogP contribution in [0.2, 0.25) is 10.0 Å². The number of hydrogen-bond acceptors (Lipinski definition) is 5. The number of carbonyl (C=O) groups excluding carboxylic acids is 2. The monoisotopic (exact) mass is 459 g/mol. The molecule has 0 radical (unpaired) electrons. The molecule has 1 aliphatic rings. The van der Waals surface area contributed by atoms with Gasteiger partial charge in [0.15, 0.2) is 0 Å². The molecule has 1 atom stereocenters. The number of aryl methyl sites for hydroxylation is 1. The molecule has 2 heterocycles. The molecular weight excluding hydrogens is 445 g/mol. The molecule has 2 N–H and O–H groups in total. The number of ketones is 1. The molecule has 1 aliphatic heterocycles. The molecule has 152 valence electrons. The van der Waals surface area contributed by atoms with Gasteiger partial charge in [-0.05, 0) is 54.3 Å². The molecule has 3 aromatic rings. The maximum absolute atomic E-state index is 13.0. The zero-order valence-electron chi connectivity index (χ0n) is 15.6. The minimum atomic E-state index is -0.896. The van der Waals surface area contributed by atoms with Crippen LogP contribution in [0.4, 0.5) is 5.69 Å². The number of para-hydroxylation sites is 2. The lowest BCUT2D eigenvalue weighted by Crippen LogP contribution is -2.29. The third-order valence-electron chi connectivity index (χ3n) is 4.93. The first kappa shape index (κ1) is 20.5. The number of aliphatic hydroxyl groups is 1. The third kappa shape index (κ3) is 3.27. The van der Waals surface area contributed by atoms with Crippen LogP contribution in [-0.2, 0) is 9.59 Å². The lowest BCUT2D eigenvalue weighted by atomic mass is 9.98. The van der Waals surface area contributed by atoms with Crippen molar-refractivity contribution in [3.63, 3.8) is 0 Å². The van der Waals surface area contributed by atoms with Crippen molar-refractivity contribution in [3.8, 4) is 5.75 Å². The van der Waals surface area contributed by atoms with E-state index in [1.165, 1.54) is 40.5 Å². The number of nitrogens with zero attached hydrogens (tertiary/aromatic N) is 1. The van der Waals surface area contributed by atoms with E-state index in [9.17, 15) is 19.8 Å². The molecule has 1 saturated heterocycles. The number of rotatable bonds is 3. The van der Waals surface area contributed by atoms with Gasteiger partial charge in [0.2, 0.25) is 0 Å². The van der Waals surface area contributed by atoms with Crippen LogP contribution in [0.15, 0.2) is 59.5 Å². The SMILES string of the molecule is Cc1ccsc1C1/C(=C(/O)c2ccc(Cl)c(Cl)c2)C(=O)C(=O)N1c1ccccc1O. The number of Topliss-reactive ketones (excluding diaryl/α,β-unsaturated/α-hetero) is 1. The zero-order chi connectivity index (χ0) is 21.6. The molecule has 0 saturated carbocycles. The van der Waals surface area contributed by atoms with Gasteiger partial charge < -0.3 is 10.2 Å². The number of carbonyl (C=O) groups is 2. The van der Waals surface area contributed by atoms with Crippen molar-refractivity contribution in [2.45, 2.75) is 13.0 Å². The Morgan fingerprint density at radius 3 is 2.43 bits per heavy atom. The predicted octanol–water partition coefficient (Wildman–Crippen LogP) is 5.70. The van der Waals surface area contributed by atoms with Gasteiger partial charge in [0, 0.05) is 10.4 Å². The highest BCUT2D eigenvalue weighted by molar-refractivity contribution is 7.10. The highest BCUT2D eigenvalue weighted by Crippen LogP contribution is 2.46. The Morgan fingerprint density at radius 1 is 1.07 bits per heavy atom. The van der Waals surface area contributed by atoms with Gasteiger partial charge >= 0.3 is 0 Å². The van der Waals surface area contributed by atoms with Gasteiger partial charge in [-0.3, -0.25) is 14.5 Å². The van der Waals surface area contributed by atoms with Crippen LogP contribution in [0.1, 0.15) is 22.0 Å². The molecule has 30 heavy (non-hydrogen) atoms. The van der Waals surface area contributed by atoms with Crippen molar-refractivity contribution >= 4 is 57.7 Å². The second kappa shape index (κ2) is 7.80. The number of aromatic hydroxyl groups is 1. The first-order valence-corrected chi connectivity index (χ1v) is 10.5. The normalized spacial score (nSPS) is 18.2. The topological polar surface area (TPSA) is 77.8 Å². The lowest BCUT2D eigenvalue weighted by Gasteiger charge is -2.25. The highest BCUT2D eigenvalue weighted by atomic mass is 35.5. The Morgan fingerprint density at radius 2 is 1.80 bits per heavy atom. The van der Waals surface area contributed by atoms with Crippen LogP contribution in [0, 0.1) is 6.92 Å². The van der Waals surface area contributed by atoms with Gasteiger partial charge in [-0.1, -0.05) is 35.3 Å². The van der Waals surface area contributed by atoms with Crippen LogP contribution >= 0.6 is 34.5 Å². The Hall–Kier alpha value is -2.80. The first-order valence-electron chi connectivity index (χ1n) is 8.89. The van der Waals surface area contributed by atoms with E-state index in [-0.39, 0.29) is 33.4 Å². The van der Waals surface area contributed by atoms with Crippen LogP contribution in [0.3, 0.4) is 0 Å². The molecule has 5 nitrogen and oxygen atoms in total. The molecule has 1 aromatic heterocycles. The summed E-state index contributed by atoms with van der Waals surface area (Å²) in [6.45, 7) is 1.86. The summed E-state index contributed by atoms with van der Waals surface area (Å²) in [6.07, 6.45) is 0. The Labute approximate surface area is 186 Å². The van der Waals surface area contributed by atoms with Crippen LogP contribution < -0.4 is 4.90 Å². The van der Waals surface area contributed by atoms with Gasteiger partial charge in [0.1, 0.15) is 17.6 Å². The Kier molecular flexibility index (Phi) is 5.32. The van der Waals surface area contributed by atoms with E-state index in [0.29, 0.717) is 9.90 Å². The van der Waals surface area contributed by atoms with E-state index < -0.39 is 17.7 Å². The second-order valence-corrected chi connectivity index (χ2v) is 8.52. The molecule has 0 aliphatic carbocycles. The number of thiophene rings is 1. The fourth-order valence-electron chi connectivity index (χ4n) is 3.46. The Bertz CT molecular complexity index is 1220. The van der Waals surface area contributed by atoms with Gasteiger partial charge in [0.25, 0.3) is 11.7 Å². The molecule has 1 amide bonds. The van der Waals surface area contributed by atoms with Gasteiger partial charge in [-0.15, -0.1) is 11.3 Å². The maximum Gasteiger partial charge on any atom is 0.300 e. The standard InChI is InChI=1S/C22H15Cl2NO4S/c1-11-8-9-30-21(11)18-17(19(27)12-6-7-13(23)14(24)10-12)20(28)22(29)25(18)15-4-2-3-5-16(15)26/h2-10,18,26-27H,1H3/b19-17-. The van der Waals surface area contributed by atoms with Crippen LogP contribution in [0.25, 0.3) is 5.76 Å². The van der Waals surface area contributed by atoms with Crippen molar-refractivity contribution in [1.82, 2.24) is 0 Å². The quantitative estimate of drug-likeness (QED) is 0.299. The largest absolute Gasteiger partial charge is 0.507 e. The molecule has 0 spiro atoms. The summed E-state index contributed by atoms with van der Waals surface area (Å²) in [5.74, 6) is -2.19. The van der Waals surface area contributed by atoms with Crippen molar-refractivity contribution < 1.29 is 19.8 Å².